The van der Waals surface area contributed by atoms with Crippen LogP contribution in [0.5, 0.6) is 5.75 Å². The molecule has 0 saturated heterocycles. The van der Waals surface area contributed by atoms with E-state index >= 15 is 0 Å². The molecule has 3 aromatic carbocycles. The number of para-hydroxylation sites is 1. The molecule has 202 valence electrons. The van der Waals surface area contributed by atoms with Gasteiger partial charge in [-0.05, 0) is 74.0 Å². The number of ether oxygens (including phenoxy) is 2. The van der Waals surface area contributed by atoms with E-state index < -0.39 is 34.2 Å². The number of rotatable bonds is 13. The number of hydrogen-bond acceptors (Lipinski definition) is 6. The van der Waals surface area contributed by atoms with Crippen LogP contribution in [-0.2, 0) is 19.6 Å². The molecule has 0 unspecified atom stereocenters. The Balaban J connectivity index is 1.85. The van der Waals surface area contributed by atoms with E-state index in [9.17, 15) is 22.4 Å². The summed E-state index contributed by atoms with van der Waals surface area (Å²) in [6, 6.07) is 16.9. The van der Waals surface area contributed by atoms with Crippen molar-refractivity contribution >= 4 is 33.2 Å². The number of hydrogen-bond donors (Lipinski definition) is 2. The molecule has 0 spiro atoms. The van der Waals surface area contributed by atoms with Crippen LogP contribution in [0.4, 0.5) is 15.8 Å². The number of anilines is 2. The second-order valence-electron chi connectivity index (χ2n) is 8.09. The van der Waals surface area contributed by atoms with Gasteiger partial charge in [0, 0.05) is 20.3 Å². The molecule has 0 aliphatic rings. The quantitative estimate of drug-likeness (QED) is 0.317. The molecule has 0 aliphatic carbocycles. The first-order chi connectivity index (χ1) is 18.3. The van der Waals surface area contributed by atoms with Crippen LogP contribution in [0.2, 0.25) is 0 Å². The molecule has 0 atom stereocenters. The van der Waals surface area contributed by atoms with Gasteiger partial charge in [-0.1, -0.05) is 12.1 Å². The average Bonchev–Trinajstić information content (AvgIpc) is 2.91. The maximum absolute atomic E-state index is 13.6. The molecule has 3 aromatic rings. The number of amides is 2. The van der Waals surface area contributed by atoms with Crippen molar-refractivity contribution < 1.29 is 31.9 Å². The van der Waals surface area contributed by atoms with Gasteiger partial charge in [0.15, 0.2) is 0 Å². The summed E-state index contributed by atoms with van der Waals surface area (Å²) < 4.78 is 51.9. The Hall–Kier alpha value is -3.96. The van der Waals surface area contributed by atoms with Crippen molar-refractivity contribution in [3.8, 4) is 5.75 Å². The Kier molecular flexibility index (Phi) is 10.2. The van der Waals surface area contributed by atoms with Crippen molar-refractivity contribution in [3.05, 3.63) is 84.2 Å². The van der Waals surface area contributed by atoms with E-state index in [0.717, 1.165) is 16.4 Å². The van der Waals surface area contributed by atoms with Gasteiger partial charge < -0.3 is 20.1 Å². The molecule has 0 fully saturated rings. The number of methoxy groups -OCH3 is 1. The lowest BCUT2D eigenvalue weighted by molar-refractivity contribution is -0.114. The zero-order valence-electron chi connectivity index (χ0n) is 21.1. The van der Waals surface area contributed by atoms with Crippen LogP contribution in [0.3, 0.4) is 0 Å². The minimum atomic E-state index is -4.23. The van der Waals surface area contributed by atoms with Gasteiger partial charge in [-0.15, -0.1) is 0 Å². The van der Waals surface area contributed by atoms with Crippen molar-refractivity contribution in [2.75, 3.05) is 43.0 Å². The summed E-state index contributed by atoms with van der Waals surface area (Å²) in [6.45, 7) is 2.47. The molecular weight excluding hydrogens is 513 g/mol. The van der Waals surface area contributed by atoms with E-state index in [4.69, 9.17) is 9.47 Å². The Morgan fingerprint density at radius 1 is 0.974 bits per heavy atom. The highest BCUT2D eigenvalue weighted by Crippen LogP contribution is 2.26. The number of carbonyl (C=O) groups is 2. The molecule has 0 aliphatic heterocycles. The third-order valence-corrected chi connectivity index (χ3v) is 7.17. The van der Waals surface area contributed by atoms with Crippen LogP contribution in [0, 0.1) is 5.82 Å². The summed E-state index contributed by atoms with van der Waals surface area (Å²) in [5.41, 5.74) is 0.542. The first kappa shape index (κ1) is 28.6. The number of carbonyl (C=O) groups excluding carboxylic acids is 2. The molecule has 0 radical (unpaired) electrons. The number of nitrogens with one attached hydrogen (secondary N) is 2. The van der Waals surface area contributed by atoms with Crippen molar-refractivity contribution in [3.63, 3.8) is 0 Å². The molecule has 38 heavy (non-hydrogen) atoms. The fourth-order valence-electron chi connectivity index (χ4n) is 3.55. The van der Waals surface area contributed by atoms with E-state index in [2.05, 4.69) is 10.6 Å². The minimum Gasteiger partial charge on any atom is -0.494 e. The maximum atomic E-state index is 13.6. The van der Waals surface area contributed by atoms with Gasteiger partial charge in [0.25, 0.3) is 15.9 Å². The second kappa shape index (κ2) is 13.5. The SMILES string of the molecule is CCOc1ccc(S(=O)(=O)N(CC(=O)Nc2ccccc2C(=O)NCCCOC)c2ccc(F)cc2)cc1. The van der Waals surface area contributed by atoms with Crippen molar-refractivity contribution in [2.24, 2.45) is 0 Å². The molecule has 9 nitrogen and oxygen atoms in total. The molecular formula is C27H30FN3O6S. The van der Waals surface area contributed by atoms with Gasteiger partial charge in [-0.2, -0.15) is 0 Å². The van der Waals surface area contributed by atoms with Crippen LogP contribution in [0.1, 0.15) is 23.7 Å². The van der Waals surface area contributed by atoms with Gasteiger partial charge in [0.05, 0.1) is 28.4 Å². The zero-order chi connectivity index (χ0) is 27.5. The Bertz CT molecular complexity index is 1330. The highest BCUT2D eigenvalue weighted by atomic mass is 32.2. The Labute approximate surface area is 221 Å². The largest absolute Gasteiger partial charge is 0.494 e. The highest BCUT2D eigenvalue weighted by Gasteiger charge is 2.28. The summed E-state index contributed by atoms with van der Waals surface area (Å²) >= 11 is 0. The lowest BCUT2D eigenvalue weighted by Crippen LogP contribution is -2.38. The standard InChI is InChI=1S/C27H30FN3O6S/c1-3-37-22-13-15-23(16-14-22)38(34,35)31(21-11-9-20(28)10-12-21)19-26(32)30-25-8-5-4-7-24(25)27(33)29-17-6-18-36-2/h4-5,7-16H,3,6,17-19H2,1-2H3,(H,29,33)(H,30,32). The van der Waals surface area contributed by atoms with Crippen molar-refractivity contribution in [2.45, 2.75) is 18.2 Å². The van der Waals surface area contributed by atoms with Gasteiger partial charge >= 0.3 is 0 Å². The lowest BCUT2D eigenvalue weighted by Gasteiger charge is -2.24. The molecule has 3 rings (SSSR count). The van der Waals surface area contributed by atoms with Crippen molar-refractivity contribution in [1.82, 2.24) is 5.32 Å². The topological polar surface area (TPSA) is 114 Å². The van der Waals surface area contributed by atoms with Crippen LogP contribution in [-0.4, -0.2) is 53.6 Å². The number of benzene rings is 3. The average molecular weight is 544 g/mol. The van der Waals surface area contributed by atoms with Gasteiger partial charge in [-0.25, -0.2) is 12.8 Å². The molecule has 0 saturated carbocycles. The first-order valence-electron chi connectivity index (χ1n) is 11.9. The normalized spacial score (nSPS) is 11.0. The van der Waals surface area contributed by atoms with E-state index in [1.807, 2.05) is 6.92 Å². The molecule has 11 heteroatoms. The van der Waals surface area contributed by atoms with Crippen LogP contribution in [0.15, 0.2) is 77.7 Å². The van der Waals surface area contributed by atoms with E-state index in [1.165, 1.54) is 36.4 Å². The fraction of sp³-hybridized carbons (Fsp3) is 0.259. The van der Waals surface area contributed by atoms with Crippen LogP contribution in [0.25, 0.3) is 0 Å². The lowest BCUT2D eigenvalue weighted by atomic mass is 10.1. The summed E-state index contributed by atoms with van der Waals surface area (Å²) in [5.74, 6) is -1.14. The smallest absolute Gasteiger partial charge is 0.264 e. The van der Waals surface area contributed by atoms with Gasteiger partial charge in [-0.3, -0.25) is 13.9 Å². The molecule has 0 bridgehead atoms. The maximum Gasteiger partial charge on any atom is 0.264 e. The van der Waals surface area contributed by atoms with Crippen LogP contribution >= 0.6 is 0 Å². The molecule has 0 aromatic heterocycles. The molecule has 2 N–H and O–H groups in total. The van der Waals surface area contributed by atoms with Gasteiger partial charge in [0.1, 0.15) is 18.1 Å². The zero-order valence-corrected chi connectivity index (χ0v) is 22.0. The summed E-state index contributed by atoms with van der Waals surface area (Å²) in [6.07, 6.45) is 0.618. The molecule has 2 amide bonds. The van der Waals surface area contributed by atoms with E-state index in [-0.39, 0.29) is 21.8 Å². The monoisotopic (exact) mass is 543 g/mol. The Morgan fingerprint density at radius 2 is 1.66 bits per heavy atom. The van der Waals surface area contributed by atoms with Crippen molar-refractivity contribution in [1.29, 1.82) is 0 Å². The first-order valence-corrected chi connectivity index (χ1v) is 13.4. The van der Waals surface area contributed by atoms with Crippen LogP contribution < -0.4 is 19.7 Å². The summed E-state index contributed by atoms with van der Waals surface area (Å²) in [5, 5.41) is 5.39. The summed E-state index contributed by atoms with van der Waals surface area (Å²) in [7, 11) is -2.66. The van der Waals surface area contributed by atoms with E-state index in [1.54, 1.807) is 31.4 Å². The van der Waals surface area contributed by atoms with E-state index in [0.29, 0.717) is 31.9 Å². The third-order valence-electron chi connectivity index (χ3n) is 5.38. The Morgan fingerprint density at radius 3 is 2.32 bits per heavy atom. The highest BCUT2D eigenvalue weighted by molar-refractivity contribution is 7.92. The predicted octanol–water partition coefficient (Wildman–Crippen LogP) is 3.82. The predicted molar refractivity (Wildman–Crippen MR) is 142 cm³/mol. The number of sulfonamides is 1. The molecule has 0 heterocycles. The second-order valence-corrected chi connectivity index (χ2v) is 9.95. The number of nitrogens with zero attached hydrogens (tertiary/aromatic N) is 1. The summed E-state index contributed by atoms with van der Waals surface area (Å²) in [4.78, 5) is 25.7. The fourth-order valence-corrected chi connectivity index (χ4v) is 4.97. The number of halogens is 1. The van der Waals surface area contributed by atoms with Gasteiger partial charge in [0.2, 0.25) is 5.91 Å². The minimum absolute atomic E-state index is 0.0751. The third kappa shape index (κ3) is 7.53.